The summed E-state index contributed by atoms with van der Waals surface area (Å²) in [5.74, 6) is 3.52. The first kappa shape index (κ1) is 31.3. The zero-order chi connectivity index (χ0) is 29.1. The molecular formula is C36H56O4. The lowest BCUT2D eigenvalue weighted by Crippen LogP contribution is -2.51. The molecule has 0 saturated heterocycles. The van der Waals surface area contributed by atoms with E-state index in [-0.39, 0.29) is 11.9 Å². The Balaban J connectivity index is 1.32. The molecule has 0 amide bonds. The maximum atomic E-state index is 11.6. The largest absolute Gasteiger partial charge is 0.481 e. The van der Waals surface area contributed by atoms with E-state index in [1.807, 2.05) is 0 Å². The van der Waals surface area contributed by atoms with E-state index in [4.69, 9.17) is 9.84 Å². The highest BCUT2D eigenvalue weighted by Gasteiger charge is 2.59. The Morgan fingerprint density at radius 3 is 2.62 bits per heavy atom. The summed E-state index contributed by atoms with van der Waals surface area (Å²) < 4.78 is 6.13. The zero-order valence-electron chi connectivity index (χ0n) is 26.1. The first-order valence-corrected chi connectivity index (χ1v) is 16.3. The molecule has 4 heteroatoms. The molecule has 0 aromatic carbocycles. The van der Waals surface area contributed by atoms with Gasteiger partial charge in [0, 0.05) is 0 Å². The molecular weight excluding hydrogens is 496 g/mol. The summed E-state index contributed by atoms with van der Waals surface area (Å²) in [7, 11) is 0. The van der Waals surface area contributed by atoms with Crippen molar-refractivity contribution in [3.05, 3.63) is 36.0 Å². The maximum Gasteiger partial charge on any atom is 0.311 e. The Morgan fingerprint density at radius 2 is 1.90 bits per heavy atom. The van der Waals surface area contributed by atoms with Crippen molar-refractivity contribution in [2.75, 3.05) is 6.61 Å². The number of ether oxygens (including phenoxy) is 1. The number of rotatable bonds is 13. The predicted molar refractivity (Wildman–Crippen MR) is 163 cm³/mol. The molecule has 0 aromatic rings. The highest BCUT2D eigenvalue weighted by atomic mass is 16.5. The summed E-state index contributed by atoms with van der Waals surface area (Å²) >= 11 is 0. The van der Waals surface area contributed by atoms with Gasteiger partial charge in [-0.2, -0.15) is 0 Å². The molecule has 4 nitrogen and oxygen atoms in total. The summed E-state index contributed by atoms with van der Waals surface area (Å²) in [4.78, 5) is 22.3. The standard InChI is InChI=1S/C36H56O4/c1-24(2)21-25(3)9-7-10-26(4)31-14-15-32-30-13-12-27-22-29(40-20-8-11-28(37)23-34(38)39)16-18-35(27,5)33(30)17-19-36(31,32)6/h8,11-12,25-26,29-33H,1,7,9-10,13-23H2,2-6H3,(H,38,39)/b11-8+/t25?,26-,29+,30?,31-,32?,33?,35+,36-/m1/s1. The van der Waals surface area contributed by atoms with Crippen LogP contribution in [0.15, 0.2) is 36.0 Å². The van der Waals surface area contributed by atoms with Crippen molar-refractivity contribution in [3.63, 3.8) is 0 Å². The molecule has 1 N–H and O–H groups in total. The van der Waals surface area contributed by atoms with Gasteiger partial charge in [0.15, 0.2) is 5.78 Å². The van der Waals surface area contributed by atoms with Crippen molar-refractivity contribution in [2.24, 2.45) is 46.3 Å². The third-order valence-electron chi connectivity index (χ3n) is 11.9. The Bertz CT molecular complexity index is 993. The van der Waals surface area contributed by atoms with Crippen LogP contribution in [0.3, 0.4) is 0 Å². The van der Waals surface area contributed by atoms with E-state index in [0.717, 1.165) is 48.3 Å². The Hall–Kier alpha value is -1.68. The number of carbonyl (C=O) groups is 2. The van der Waals surface area contributed by atoms with Crippen molar-refractivity contribution < 1.29 is 19.4 Å². The molecule has 0 radical (unpaired) electrons. The zero-order valence-corrected chi connectivity index (χ0v) is 26.1. The van der Waals surface area contributed by atoms with E-state index in [1.54, 1.807) is 11.6 Å². The van der Waals surface area contributed by atoms with Crippen LogP contribution >= 0.6 is 0 Å². The molecule has 40 heavy (non-hydrogen) atoms. The minimum absolute atomic E-state index is 0.193. The molecule has 0 bridgehead atoms. The van der Waals surface area contributed by atoms with E-state index in [9.17, 15) is 9.59 Å². The highest BCUT2D eigenvalue weighted by Crippen LogP contribution is 2.67. The molecule has 4 aliphatic rings. The van der Waals surface area contributed by atoms with Crippen LogP contribution < -0.4 is 0 Å². The van der Waals surface area contributed by atoms with E-state index in [2.05, 4.69) is 47.3 Å². The van der Waals surface area contributed by atoms with Gasteiger partial charge >= 0.3 is 5.97 Å². The summed E-state index contributed by atoms with van der Waals surface area (Å²) in [5.41, 5.74) is 3.76. The lowest BCUT2D eigenvalue weighted by molar-refractivity contribution is -0.139. The van der Waals surface area contributed by atoms with Crippen LogP contribution in [0.4, 0.5) is 0 Å². The topological polar surface area (TPSA) is 63.6 Å². The molecule has 3 fully saturated rings. The molecule has 3 saturated carbocycles. The van der Waals surface area contributed by atoms with Crippen LogP contribution in [-0.4, -0.2) is 29.6 Å². The number of hydrogen-bond donors (Lipinski definition) is 1. The third-order valence-corrected chi connectivity index (χ3v) is 11.9. The quantitative estimate of drug-likeness (QED) is 0.141. The fourth-order valence-corrected chi connectivity index (χ4v) is 10.0. The van der Waals surface area contributed by atoms with E-state index in [1.165, 1.54) is 75.9 Å². The number of aliphatic carboxylic acids is 1. The average Bonchev–Trinajstić information content (AvgIpc) is 3.23. The second kappa shape index (κ2) is 13.1. The van der Waals surface area contributed by atoms with Crippen molar-refractivity contribution in [2.45, 2.75) is 124 Å². The van der Waals surface area contributed by atoms with Gasteiger partial charge in [-0.3, -0.25) is 9.59 Å². The SMILES string of the molecule is C=C(C)CC(C)CCC[C@@H](C)[C@H]1CCC2C3CC=C4C[C@@H](OC/C=C/C(=O)CC(=O)O)CC[C@]4(C)C3CC[C@@]21C. The third kappa shape index (κ3) is 6.85. The molecule has 9 atom stereocenters. The van der Waals surface area contributed by atoms with Crippen LogP contribution in [0.2, 0.25) is 0 Å². The number of carbonyl (C=O) groups excluding carboxylic acids is 1. The van der Waals surface area contributed by atoms with E-state index in [0.29, 0.717) is 17.4 Å². The van der Waals surface area contributed by atoms with Crippen LogP contribution in [0.25, 0.3) is 0 Å². The number of carboxylic acid groups (broad SMARTS) is 1. The van der Waals surface area contributed by atoms with Gasteiger partial charge in [0.1, 0.15) is 6.42 Å². The van der Waals surface area contributed by atoms with Gasteiger partial charge in [0.2, 0.25) is 0 Å². The molecule has 224 valence electrons. The van der Waals surface area contributed by atoms with Crippen LogP contribution in [0, 0.1) is 46.3 Å². The molecule has 4 unspecified atom stereocenters. The van der Waals surface area contributed by atoms with E-state index >= 15 is 0 Å². The molecule has 4 aliphatic carbocycles. The van der Waals surface area contributed by atoms with Crippen molar-refractivity contribution in [1.82, 2.24) is 0 Å². The Morgan fingerprint density at radius 1 is 1.12 bits per heavy atom. The second-order valence-electron chi connectivity index (χ2n) is 14.8. The van der Waals surface area contributed by atoms with Crippen LogP contribution in [0.1, 0.15) is 118 Å². The molecule has 4 rings (SSSR count). The summed E-state index contributed by atoms with van der Waals surface area (Å²) in [5, 5.41) is 8.74. The number of fused-ring (bicyclic) bond motifs is 5. The molecule has 0 aliphatic heterocycles. The van der Waals surface area contributed by atoms with Gasteiger partial charge in [-0.25, -0.2) is 0 Å². The first-order valence-electron chi connectivity index (χ1n) is 16.3. The fourth-order valence-electron chi connectivity index (χ4n) is 10.0. The minimum atomic E-state index is -1.09. The maximum absolute atomic E-state index is 11.6. The minimum Gasteiger partial charge on any atom is -0.481 e. The number of carboxylic acids is 1. The Kier molecular flexibility index (Phi) is 10.2. The van der Waals surface area contributed by atoms with Crippen LogP contribution in [0.5, 0.6) is 0 Å². The summed E-state index contributed by atoms with van der Waals surface area (Å²) in [6.07, 6.45) is 20.8. The number of hydrogen-bond acceptors (Lipinski definition) is 3. The smallest absolute Gasteiger partial charge is 0.311 e. The normalized spacial score (nSPS) is 36.7. The fraction of sp³-hybridized carbons (Fsp3) is 0.778. The van der Waals surface area contributed by atoms with Gasteiger partial charge in [0.05, 0.1) is 12.7 Å². The van der Waals surface area contributed by atoms with Gasteiger partial charge in [-0.15, -0.1) is 6.58 Å². The second-order valence-corrected chi connectivity index (χ2v) is 14.8. The van der Waals surface area contributed by atoms with Crippen molar-refractivity contribution >= 4 is 11.8 Å². The van der Waals surface area contributed by atoms with E-state index < -0.39 is 12.4 Å². The van der Waals surface area contributed by atoms with Crippen molar-refractivity contribution in [3.8, 4) is 0 Å². The Labute approximate surface area is 244 Å². The molecule has 0 heterocycles. The monoisotopic (exact) mass is 552 g/mol. The lowest BCUT2D eigenvalue weighted by Gasteiger charge is -2.58. The van der Waals surface area contributed by atoms with Gasteiger partial charge < -0.3 is 9.84 Å². The van der Waals surface area contributed by atoms with Gasteiger partial charge in [-0.05, 0) is 117 Å². The molecule has 0 spiro atoms. The highest BCUT2D eigenvalue weighted by molar-refractivity contribution is 6.01. The number of ketones is 1. The van der Waals surface area contributed by atoms with Gasteiger partial charge in [-0.1, -0.05) is 70.3 Å². The average molecular weight is 553 g/mol. The summed E-state index contributed by atoms with van der Waals surface area (Å²) in [6, 6.07) is 0. The van der Waals surface area contributed by atoms with Crippen molar-refractivity contribution in [1.29, 1.82) is 0 Å². The lowest BCUT2D eigenvalue weighted by atomic mass is 9.47. The van der Waals surface area contributed by atoms with Crippen LogP contribution in [-0.2, 0) is 14.3 Å². The van der Waals surface area contributed by atoms with Gasteiger partial charge in [0.25, 0.3) is 0 Å². The summed E-state index contributed by atoms with van der Waals surface area (Å²) in [6.45, 7) is 16.8. The number of allylic oxidation sites excluding steroid dienone is 3. The molecule has 0 aromatic heterocycles. The predicted octanol–water partition coefficient (Wildman–Crippen LogP) is 8.96. The first-order chi connectivity index (χ1) is 18.9.